The maximum absolute atomic E-state index is 13.9. The van der Waals surface area contributed by atoms with Crippen molar-refractivity contribution in [1.82, 2.24) is 5.43 Å². The van der Waals surface area contributed by atoms with Gasteiger partial charge in [-0.25, -0.2) is 9.40 Å². The van der Waals surface area contributed by atoms with Gasteiger partial charge in [-0.1, -0.05) is 31.2 Å². The fraction of sp³-hybridized carbons (Fsp3) is 0.0909. The maximum Gasteiger partial charge on any atom is 0.282 e. The van der Waals surface area contributed by atoms with Crippen LogP contribution >= 0.6 is 0 Å². The summed E-state index contributed by atoms with van der Waals surface area (Å²) in [5.74, 6) is -0.790. The van der Waals surface area contributed by atoms with Crippen LogP contribution in [-0.2, 0) is 16.0 Å². The minimum Gasteiger partial charge on any atom is -0.457 e. The number of carbonyl (C=O) groups is 2. The van der Waals surface area contributed by atoms with Crippen molar-refractivity contribution < 1.29 is 18.4 Å². The van der Waals surface area contributed by atoms with Crippen LogP contribution in [0.4, 0.5) is 10.1 Å². The summed E-state index contributed by atoms with van der Waals surface area (Å²) in [4.78, 5) is 25.0. The molecule has 1 N–H and O–H groups in total. The van der Waals surface area contributed by atoms with Crippen LogP contribution in [0.15, 0.2) is 70.7 Å². The second kappa shape index (κ2) is 7.15. The predicted molar refractivity (Wildman–Crippen MR) is 104 cm³/mol. The van der Waals surface area contributed by atoms with Crippen LogP contribution in [0.2, 0.25) is 0 Å². The van der Waals surface area contributed by atoms with Crippen molar-refractivity contribution in [2.75, 3.05) is 5.01 Å². The zero-order valence-corrected chi connectivity index (χ0v) is 15.1. The van der Waals surface area contributed by atoms with Gasteiger partial charge in [0.1, 0.15) is 22.9 Å². The van der Waals surface area contributed by atoms with Crippen molar-refractivity contribution in [2.45, 2.75) is 13.3 Å². The Kier molecular flexibility index (Phi) is 4.53. The van der Waals surface area contributed by atoms with Crippen LogP contribution in [0.5, 0.6) is 0 Å². The predicted octanol–water partition coefficient (Wildman–Crippen LogP) is 4.11. The summed E-state index contributed by atoms with van der Waals surface area (Å²) in [7, 11) is 0. The number of rotatable bonds is 4. The van der Waals surface area contributed by atoms with Crippen molar-refractivity contribution in [2.24, 2.45) is 0 Å². The number of nitrogens with one attached hydrogen (secondary N) is 1. The summed E-state index contributed by atoms with van der Waals surface area (Å²) < 4.78 is 19.5. The molecule has 140 valence electrons. The molecule has 2 amide bonds. The first kappa shape index (κ1) is 17.7. The number of benzene rings is 2. The van der Waals surface area contributed by atoms with Crippen LogP contribution in [0, 0.1) is 5.82 Å². The molecule has 1 fully saturated rings. The molecule has 0 unspecified atom stereocenters. The summed E-state index contributed by atoms with van der Waals surface area (Å²) in [6, 6.07) is 16.8. The largest absolute Gasteiger partial charge is 0.457 e. The number of hydrogen-bond donors (Lipinski definition) is 1. The fourth-order valence-electron chi connectivity index (χ4n) is 3.00. The number of aryl methyl sites for hydroxylation is 1. The average molecular weight is 376 g/mol. The lowest BCUT2D eigenvalue weighted by molar-refractivity contribution is -0.117. The Morgan fingerprint density at radius 3 is 2.50 bits per heavy atom. The average Bonchev–Trinajstić information content (AvgIpc) is 3.28. The molecule has 6 heteroatoms. The Balaban J connectivity index is 1.60. The van der Waals surface area contributed by atoms with Crippen LogP contribution in [0.3, 0.4) is 0 Å². The Labute approximate surface area is 161 Å². The highest BCUT2D eigenvalue weighted by Crippen LogP contribution is 2.27. The Bertz CT molecular complexity index is 1080. The lowest BCUT2D eigenvalue weighted by Gasteiger charge is -2.14. The minimum absolute atomic E-state index is 0.0472. The molecule has 0 bridgehead atoms. The molecule has 2 aromatic carbocycles. The van der Waals surface area contributed by atoms with Gasteiger partial charge in [0.25, 0.3) is 11.8 Å². The zero-order chi connectivity index (χ0) is 19.7. The van der Waals surface area contributed by atoms with E-state index in [1.54, 1.807) is 42.5 Å². The number of carbonyl (C=O) groups excluding carboxylic acids is 2. The molecular weight excluding hydrogens is 359 g/mol. The molecule has 1 aliphatic rings. The highest BCUT2D eigenvalue weighted by atomic mass is 19.1. The van der Waals surface area contributed by atoms with Crippen molar-refractivity contribution in [3.05, 3.63) is 83.4 Å². The number of furan rings is 1. The third kappa shape index (κ3) is 3.20. The summed E-state index contributed by atoms with van der Waals surface area (Å²) >= 11 is 0. The Morgan fingerprint density at radius 2 is 1.79 bits per heavy atom. The minimum atomic E-state index is -0.520. The third-order valence-corrected chi connectivity index (χ3v) is 4.55. The van der Waals surface area contributed by atoms with E-state index in [2.05, 4.69) is 5.43 Å². The standard InChI is InChI=1S/C22H17FN2O3/c1-2-14-7-9-15(10-8-14)25-22(27)18(21(26)24-25)13-16-11-12-20(28-16)17-5-3-4-6-19(17)23/h3-13H,2H2,1H3,(H,24,26)/b18-13+. The molecule has 3 aromatic rings. The van der Waals surface area contributed by atoms with Gasteiger partial charge in [-0.05, 0) is 54.5 Å². The van der Waals surface area contributed by atoms with Crippen molar-refractivity contribution >= 4 is 23.6 Å². The number of anilines is 1. The van der Waals surface area contributed by atoms with Crippen molar-refractivity contribution in [3.8, 4) is 11.3 Å². The number of amides is 2. The molecule has 28 heavy (non-hydrogen) atoms. The van der Waals surface area contributed by atoms with Gasteiger partial charge in [-0.3, -0.25) is 15.0 Å². The SMILES string of the molecule is CCc1ccc(N2NC(=O)/C(=C\c3ccc(-c4ccccc4F)o3)C2=O)cc1. The van der Waals surface area contributed by atoms with E-state index in [4.69, 9.17) is 4.42 Å². The molecule has 4 rings (SSSR count). The molecule has 0 saturated carbocycles. The summed E-state index contributed by atoms with van der Waals surface area (Å²) in [6.45, 7) is 2.04. The van der Waals surface area contributed by atoms with Gasteiger partial charge in [0, 0.05) is 0 Å². The van der Waals surface area contributed by atoms with Gasteiger partial charge < -0.3 is 4.42 Å². The highest BCUT2D eigenvalue weighted by Gasteiger charge is 2.34. The normalized spacial score (nSPS) is 15.4. The second-order valence-corrected chi connectivity index (χ2v) is 6.34. The quantitative estimate of drug-likeness (QED) is 0.551. The molecule has 0 spiro atoms. The first-order chi connectivity index (χ1) is 13.6. The monoisotopic (exact) mass is 376 g/mol. The zero-order valence-electron chi connectivity index (χ0n) is 15.1. The van der Waals surface area contributed by atoms with E-state index in [-0.39, 0.29) is 5.57 Å². The number of hydrogen-bond acceptors (Lipinski definition) is 3. The van der Waals surface area contributed by atoms with Crippen LogP contribution < -0.4 is 10.4 Å². The Morgan fingerprint density at radius 1 is 1.04 bits per heavy atom. The fourth-order valence-corrected chi connectivity index (χ4v) is 3.00. The van der Waals surface area contributed by atoms with E-state index in [9.17, 15) is 14.0 Å². The van der Waals surface area contributed by atoms with Crippen LogP contribution in [0.1, 0.15) is 18.2 Å². The van der Waals surface area contributed by atoms with Crippen molar-refractivity contribution in [1.29, 1.82) is 0 Å². The second-order valence-electron chi connectivity index (χ2n) is 6.34. The highest BCUT2D eigenvalue weighted by molar-refractivity contribution is 6.31. The van der Waals surface area contributed by atoms with Crippen LogP contribution in [-0.4, -0.2) is 11.8 Å². The van der Waals surface area contributed by atoms with Gasteiger partial charge in [0.2, 0.25) is 0 Å². The van der Waals surface area contributed by atoms with E-state index in [1.165, 1.54) is 17.2 Å². The number of nitrogens with zero attached hydrogens (tertiary/aromatic N) is 1. The molecule has 1 aromatic heterocycles. The molecule has 1 aliphatic heterocycles. The summed E-state index contributed by atoms with van der Waals surface area (Å²) in [6.07, 6.45) is 2.25. The lowest BCUT2D eigenvalue weighted by Crippen LogP contribution is -2.35. The molecule has 0 radical (unpaired) electrons. The summed E-state index contributed by atoms with van der Waals surface area (Å²) in [5, 5.41) is 1.20. The van der Waals surface area contributed by atoms with Gasteiger partial charge in [0.15, 0.2) is 0 Å². The van der Waals surface area contributed by atoms with E-state index >= 15 is 0 Å². The molecular formula is C22H17FN2O3. The maximum atomic E-state index is 13.9. The number of hydrazine groups is 1. The topological polar surface area (TPSA) is 62.6 Å². The van der Waals surface area contributed by atoms with Gasteiger partial charge >= 0.3 is 0 Å². The molecule has 1 saturated heterocycles. The van der Waals surface area contributed by atoms with E-state index in [0.29, 0.717) is 22.8 Å². The van der Waals surface area contributed by atoms with E-state index in [1.807, 2.05) is 19.1 Å². The lowest BCUT2D eigenvalue weighted by atomic mass is 10.1. The van der Waals surface area contributed by atoms with Crippen LogP contribution in [0.25, 0.3) is 17.4 Å². The summed E-state index contributed by atoms with van der Waals surface area (Å²) in [5.41, 5.74) is 4.52. The van der Waals surface area contributed by atoms with Gasteiger partial charge in [0.05, 0.1) is 11.3 Å². The first-order valence-corrected chi connectivity index (χ1v) is 8.87. The van der Waals surface area contributed by atoms with Crippen molar-refractivity contribution in [3.63, 3.8) is 0 Å². The third-order valence-electron chi connectivity index (χ3n) is 4.55. The smallest absolute Gasteiger partial charge is 0.282 e. The number of halogens is 1. The molecule has 5 nitrogen and oxygen atoms in total. The first-order valence-electron chi connectivity index (χ1n) is 8.87. The van der Waals surface area contributed by atoms with Gasteiger partial charge in [-0.15, -0.1) is 0 Å². The van der Waals surface area contributed by atoms with E-state index < -0.39 is 17.6 Å². The molecule has 0 aliphatic carbocycles. The van der Waals surface area contributed by atoms with E-state index in [0.717, 1.165) is 12.0 Å². The van der Waals surface area contributed by atoms with Gasteiger partial charge in [-0.2, -0.15) is 0 Å². The molecule has 0 atom stereocenters. The molecule has 2 heterocycles. The Hall–Kier alpha value is -3.67.